The lowest BCUT2D eigenvalue weighted by atomic mass is 9.74. The highest BCUT2D eigenvalue weighted by Crippen LogP contribution is 2.42. The van der Waals surface area contributed by atoms with Crippen molar-refractivity contribution < 1.29 is 68.0 Å². The fourth-order valence-electron chi connectivity index (χ4n) is 10.7. The van der Waals surface area contributed by atoms with Crippen molar-refractivity contribution in [2.75, 3.05) is 34.4 Å². The number of ketones is 1. The molecule has 3 saturated heterocycles. The molecular formula is C51H83N5O14. The number of carbonyl (C=O) groups is 3. The van der Waals surface area contributed by atoms with Crippen LogP contribution in [0.5, 0.6) is 0 Å². The Morgan fingerprint density at radius 3 is 2.21 bits per heavy atom. The lowest BCUT2D eigenvalue weighted by Crippen LogP contribution is -2.61. The summed E-state index contributed by atoms with van der Waals surface area (Å²) in [4.78, 5) is 43.7. The van der Waals surface area contributed by atoms with E-state index in [1.54, 1.807) is 65.5 Å². The molecule has 3 fully saturated rings. The molecule has 5 N–H and O–H groups in total. The van der Waals surface area contributed by atoms with Gasteiger partial charge in [-0.15, -0.1) is 5.10 Å². The van der Waals surface area contributed by atoms with Gasteiger partial charge < -0.3 is 63.8 Å². The molecule has 0 aliphatic carbocycles. The Morgan fingerprint density at radius 2 is 1.60 bits per heavy atom. The van der Waals surface area contributed by atoms with Crippen LogP contribution in [-0.4, -0.2) is 177 Å². The Labute approximate surface area is 414 Å². The Bertz CT molecular complexity index is 1980. The van der Waals surface area contributed by atoms with Crippen LogP contribution >= 0.6 is 0 Å². The van der Waals surface area contributed by atoms with Crippen molar-refractivity contribution in [2.24, 2.45) is 23.7 Å². The molecule has 5 rings (SSSR count). The average molecular weight is 990 g/mol. The largest absolute Gasteiger partial charge is 0.459 e. The van der Waals surface area contributed by atoms with Gasteiger partial charge in [0.25, 0.3) is 0 Å². The van der Waals surface area contributed by atoms with Crippen molar-refractivity contribution >= 4 is 17.7 Å². The normalized spacial score (nSPS) is 39.3. The quantitative estimate of drug-likeness (QED) is 0.119. The summed E-state index contributed by atoms with van der Waals surface area (Å²) in [5.74, 6) is -4.91. The molecule has 19 heteroatoms. The van der Waals surface area contributed by atoms with Gasteiger partial charge in [-0.2, -0.15) is 0 Å². The highest BCUT2D eigenvalue weighted by molar-refractivity contribution is 5.83. The monoisotopic (exact) mass is 990 g/mol. The zero-order valence-corrected chi connectivity index (χ0v) is 43.6. The number of benzene rings is 1. The number of hydrogen-bond donors (Lipinski definition) is 5. The van der Waals surface area contributed by atoms with E-state index in [4.69, 9.17) is 33.2 Å². The van der Waals surface area contributed by atoms with Gasteiger partial charge in [-0.1, -0.05) is 45.0 Å². The number of Topliss-reactive ketones (excluding diaryl/α,β-unsaturated/α-hetero) is 1. The van der Waals surface area contributed by atoms with Crippen LogP contribution in [0.25, 0.3) is 5.69 Å². The maximum atomic E-state index is 14.4. The molecule has 0 radical (unpaired) electrons. The summed E-state index contributed by atoms with van der Waals surface area (Å²) in [6.45, 7) is 17.7. The summed E-state index contributed by atoms with van der Waals surface area (Å²) >= 11 is 0. The summed E-state index contributed by atoms with van der Waals surface area (Å²) < 4.78 is 46.3. The van der Waals surface area contributed by atoms with Crippen LogP contribution in [0, 0.1) is 23.7 Å². The summed E-state index contributed by atoms with van der Waals surface area (Å²) in [5, 5.41) is 57.5. The molecule has 70 heavy (non-hydrogen) atoms. The Kier molecular flexibility index (Phi) is 20.1. The van der Waals surface area contributed by atoms with Crippen molar-refractivity contribution in [1.82, 2.24) is 25.2 Å². The number of nitrogens with one attached hydrogen (secondary N) is 1. The van der Waals surface area contributed by atoms with Crippen molar-refractivity contribution in [3.63, 3.8) is 0 Å². The maximum absolute atomic E-state index is 14.4. The van der Waals surface area contributed by atoms with Crippen LogP contribution in [0.1, 0.15) is 113 Å². The summed E-state index contributed by atoms with van der Waals surface area (Å²) in [6.07, 6.45) is -4.70. The van der Waals surface area contributed by atoms with Crippen molar-refractivity contribution in [1.29, 1.82) is 0 Å². The van der Waals surface area contributed by atoms with E-state index in [9.17, 15) is 34.8 Å². The molecule has 3 aliphatic heterocycles. The zero-order chi connectivity index (χ0) is 51.9. The Balaban J connectivity index is 1.38. The number of rotatable bonds is 16. The number of aromatic nitrogens is 3. The first-order valence-electron chi connectivity index (χ1n) is 25.1. The molecule has 19 nitrogen and oxygen atoms in total. The van der Waals surface area contributed by atoms with Crippen LogP contribution < -0.4 is 5.32 Å². The molecule has 0 spiro atoms. The number of aliphatic hydroxyl groups is 4. The maximum Gasteiger partial charge on any atom is 0.311 e. The fourth-order valence-corrected chi connectivity index (χ4v) is 10.7. The summed E-state index contributed by atoms with van der Waals surface area (Å²) in [5.41, 5.74) is -2.37. The number of carbonyl (C=O) groups excluding carboxylic acids is 3. The van der Waals surface area contributed by atoms with Gasteiger partial charge in [0.15, 0.2) is 12.6 Å². The van der Waals surface area contributed by atoms with E-state index in [1.165, 1.54) is 21.1 Å². The Morgan fingerprint density at radius 1 is 0.929 bits per heavy atom. The number of hydrogen-bond acceptors (Lipinski definition) is 17. The second-order valence-corrected chi connectivity index (χ2v) is 20.9. The van der Waals surface area contributed by atoms with Gasteiger partial charge in [0, 0.05) is 63.9 Å². The molecular weight excluding hydrogens is 907 g/mol. The number of esters is 1. The van der Waals surface area contributed by atoms with Gasteiger partial charge >= 0.3 is 5.97 Å². The molecule has 2 aromatic rings. The van der Waals surface area contributed by atoms with E-state index in [1.807, 2.05) is 50.1 Å². The zero-order valence-electron chi connectivity index (χ0n) is 43.6. The number of aliphatic hydroxyl groups excluding tert-OH is 3. The third kappa shape index (κ3) is 13.4. The van der Waals surface area contributed by atoms with E-state index < -0.39 is 114 Å². The predicted octanol–water partition coefficient (Wildman–Crippen LogP) is 3.53. The summed E-state index contributed by atoms with van der Waals surface area (Å²) in [6, 6.07) is 7.53. The molecule has 0 saturated carbocycles. The van der Waals surface area contributed by atoms with E-state index in [-0.39, 0.29) is 37.4 Å². The smallest absolute Gasteiger partial charge is 0.311 e. The topological polar surface area (TPSA) is 243 Å². The number of ether oxygens (including phenoxy) is 7. The molecule has 1 aromatic carbocycles. The van der Waals surface area contributed by atoms with Gasteiger partial charge in [-0.3, -0.25) is 14.4 Å². The van der Waals surface area contributed by atoms with Crippen molar-refractivity contribution in [3.8, 4) is 5.69 Å². The van der Waals surface area contributed by atoms with Crippen molar-refractivity contribution in [3.05, 3.63) is 42.2 Å². The molecule has 18 atom stereocenters. The second kappa shape index (κ2) is 24.5. The minimum Gasteiger partial charge on any atom is -0.459 e. The van der Waals surface area contributed by atoms with Crippen LogP contribution in [0.15, 0.2) is 36.7 Å². The minimum absolute atomic E-state index is 0.0529. The minimum atomic E-state index is -2.01. The molecule has 0 bridgehead atoms. The molecule has 0 unspecified atom stereocenters. The van der Waals surface area contributed by atoms with E-state index >= 15 is 0 Å². The number of amides is 1. The van der Waals surface area contributed by atoms with Crippen LogP contribution in [0.2, 0.25) is 0 Å². The van der Waals surface area contributed by atoms with Gasteiger partial charge in [0.05, 0.1) is 65.7 Å². The van der Waals surface area contributed by atoms with Gasteiger partial charge in [-0.25, -0.2) is 4.68 Å². The molecule has 3 aliphatic rings. The van der Waals surface area contributed by atoms with Crippen LogP contribution in [0.3, 0.4) is 0 Å². The first-order valence-corrected chi connectivity index (χ1v) is 25.1. The first-order chi connectivity index (χ1) is 32.9. The SMILES string of the molecule is CC[C@H]1OC(=O)[C@H](C)[C@@H](O[C@H]2C[C@@](C)(OC)[C@@H](O)[C@H](C)O2)[C@H](C)[C@@H](O[C@H]2O[C@H](C)C[C@H](N(C)CCC(=O)NCCCc3ccc(-n4ccnn4)cc3)[C@H]2O)[C@](C)(OC)C[C@@H](C)C(=O)[C@H](C)[C@@H](O)[C@]1(C)O. The first kappa shape index (κ1) is 57.4. The van der Waals surface area contributed by atoms with E-state index in [0.717, 1.165) is 24.1 Å². The molecule has 1 aromatic heterocycles. The third-order valence-corrected chi connectivity index (χ3v) is 15.5. The molecule has 396 valence electrons. The van der Waals surface area contributed by atoms with Gasteiger partial charge in [0.1, 0.15) is 29.7 Å². The highest BCUT2D eigenvalue weighted by Gasteiger charge is 2.54. The number of aryl methyl sites for hydroxylation is 1. The lowest BCUT2D eigenvalue weighted by Gasteiger charge is -2.50. The van der Waals surface area contributed by atoms with Gasteiger partial charge in [0.2, 0.25) is 5.91 Å². The number of methoxy groups -OCH3 is 2. The average Bonchev–Trinajstić information content (AvgIpc) is 3.88. The summed E-state index contributed by atoms with van der Waals surface area (Å²) in [7, 11) is 4.83. The number of cyclic esters (lactones) is 1. The Hall–Kier alpha value is -3.47. The van der Waals surface area contributed by atoms with E-state index in [2.05, 4.69) is 15.6 Å². The lowest BCUT2D eigenvalue weighted by molar-refractivity contribution is -0.319. The predicted molar refractivity (Wildman–Crippen MR) is 257 cm³/mol. The van der Waals surface area contributed by atoms with Crippen LogP contribution in [-0.2, 0) is 54.0 Å². The number of likely N-dealkylation sites (N-methyl/N-ethyl adjacent to an activating group) is 1. The third-order valence-electron chi connectivity index (χ3n) is 15.5. The number of nitrogens with zero attached hydrogens (tertiary/aromatic N) is 4. The molecule has 1 amide bonds. The second-order valence-electron chi connectivity index (χ2n) is 20.9. The standard InChI is InChI=1S/C51H83N5O14/c1-14-38-51(10,63)44(60)31(4)41(58)29(2)27-50(9,65-13)46(32(5)43(33(6)47(62)68-38)69-40-28-49(8,64-12)45(61)34(7)67-40)70-48-42(59)37(26-30(3)66-48)55(11)24-21-39(57)52-22-15-16-35-17-19-36(20-18-35)56-25-23-53-54-56/h17-20,23,25,29-34,37-38,40,42-46,48,59-61,63H,14-16,21-22,24,26-28H2,1-13H3,(H,52,57)/t29-,30-,31+,32+,33-,34+,37+,38-,40+,42-,43+,44-,45+,46-,48-,49-,50-,51-/m1/s1. The molecule has 4 heterocycles. The van der Waals surface area contributed by atoms with E-state index in [0.29, 0.717) is 19.5 Å². The highest BCUT2D eigenvalue weighted by atomic mass is 16.7. The van der Waals surface area contributed by atoms with Gasteiger partial charge in [-0.05, 0) is 98.4 Å². The van der Waals surface area contributed by atoms with Crippen LogP contribution in [0.4, 0.5) is 0 Å². The van der Waals surface area contributed by atoms with Crippen molar-refractivity contribution in [2.45, 2.75) is 198 Å². The fraction of sp³-hybridized carbons (Fsp3) is 0.784.